The Hall–Kier alpha value is -0.740. The topological polar surface area (TPSA) is 29.5 Å². The Labute approximate surface area is 130 Å². The SMILES string of the molecule is C[C@@H](O)c1ccc(Oc2cccc(Cl)c2Cl)c(Br)c1. The van der Waals surface area contributed by atoms with Crippen LogP contribution in [0, 0.1) is 0 Å². The van der Waals surface area contributed by atoms with Crippen molar-refractivity contribution < 1.29 is 9.84 Å². The molecular formula is C14H11BrCl2O2. The second-order valence-electron chi connectivity index (χ2n) is 4.02. The lowest BCUT2D eigenvalue weighted by atomic mass is 10.1. The van der Waals surface area contributed by atoms with E-state index in [-0.39, 0.29) is 0 Å². The molecule has 0 aliphatic heterocycles. The number of halogens is 3. The van der Waals surface area contributed by atoms with Gasteiger partial charge in [-0.05, 0) is 52.7 Å². The minimum atomic E-state index is -0.528. The number of hydrogen-bond donors (Lipinski definition) is 1. The van der Waals surface area contributed by atoms with E-state index in [1.807, 2.05) is 0 Å². The largest absolute Gasteiger partial charge is 0.455 e. The van der Waals surface area contributed by atoms with Crippen molar-refractivity contribution >= 4 is 39.1 Å². The van der Waals surface area contributed by atoms with Gasteiger partial charge in [0.1, 0.15) is 16.5 Å². The predicted molar refractivity (Wildman–Crippen MR) is 81.3 cm³/mol. The highest BCUT2D eigenvalue weighted by Gasteiger charge is 2.10. The number of aliphatic hydroxyl groups excluding tert-OH is 1. The summed E-state index contributed by atoms with van der Waals surface area (Å²) in [7, 11) is 0. The van der Waals surface area contributed by atoms with Crippen molar-refractivity contribution in [3.05, 3.63) is 56.5 Å². The van der Waals surface area contributed by atoms with Gasteiger partial charge in [-0.15, -0.1) is 0 Å². The van der Waals surface area contributed by atoms with Crippen LogP contribution in [0.1, 0.15) is 18.6 Å². The minimum absolute atomic E-state index is 0.371. The predicted octanol–water partition coefficient (Wildman–Crippen LogP) is 5.60. The second kappa shape index (κ2) is 6.14. The molecule has 0 spiro atoms. The molecule has 0 saturated carbocycles. The molecule has 100 valence electrons. The first kappa shape index (κ1) is 14.7. The van der Waals surface area contributed by atoms with E-state index < -0.39 is 6.10 Å². The van der Waals surface area contributed by atoms with Gasteiger partial charge in [0, 0.05) is 0 Å². The molecule has 2 nitrogen and oxygen atoms in total. The second-order valence-corrected chi connectivity index (χ2v) is 5.66. The quantitative estimate of drug-likeness (QED) is 0.770. The molecule has 0 aromatic heterocycles. The van der Waals surface area contributed by atoms with Crippen LogP contribution in [0.3, 0.4) is 0 Å². The molecule has 0 heterocycles. The Kier molecular flexibility index (Phi) is 4.74. The monoisotopic (exact) mass is 360 g/mol. The summed E-state index contributed by atoms with van der Waals surface area (Å²) in [5.74, 6) is 1.09. The lowest BCUT2D eigenvalue weighted by molar-refractivity contribution is 0.199. The van der Waals surface area contributed by atoms with E-state index in [9.17, 15) is 5.11 Å². The highest BCUT2D eigenvalue weighted by atomic mass is 79.9. The van der Waals surface area contributed by atoms with Crippen molar-refractivity contribution in [2.75, 3.05) is 0 Å². The van der Waals surface area contributed by atoms with Crippen LogP contribution < -0.4 is 4.74 Å². The van der Waals surface area contributed by atoms with Crippen LogP contribution in [-0.2, 0) is 0 Å². The van der Waals surface area contributed by atoms with Crippen molar-refractivity contribution in [2.45, 2.75) is 13.0 Å². The fourth-order valence-electron chi connectivity index (χ4n) is 1.54. The summed E-state index contributed by atoms with van der Waals surface area (Å²) in [6, 6.07) is 10.6. The normalized spacial score (nSPS) is 12.3. The first-order valence-corrected chi connectivity index (χ1v) is 7.13. The summed E-state index contributed by atoms with van der Waals surface area (Å²) >= 11 is 15.4. The van der Waals surface area contributed by atoms with E-state index in [0.717, 1.165) is 10.0 Å². The fourth-order valence-corrected chi connectivity index (χ4v) is 2.35. The number of aliphatic hydroxyl groups is 1. The molecule has 0 bridgehead atoms. The van der Waals surface area contributed by atoms with Gasteiger partial charge in [-0.25, -0.2) is 0 Å². The molecule has 0 saturated heterocycles. The highest BCUT2D eigenvalue weighted by molar-refractivity contribution is 9.10. The van der Waals surface area contributed by atoms with E-state index in [4.69, 9.17) is 27.9 Å². The van der Waals surface area contributed by atoms with Crippen molar-refractivity contribution in [1.82, 2.24) is 0 Å². The molecule has 2 rings (SSSR count). The van der Waals surface area contributed by atoms with Crippen LogP contribution in [0.25, 0.3) is 0 Å². The summed E-state index contributed by atoms with van der Waals surface area (Å²) < 4.78 is 6.45. The first-order chi connectivity index (χ1) is 8.99. The van der Waals surface area contributed by atoms with Crippen LogP contribution in [0.4, 0.5) is 0 Å². The standard InChI is InChI=1S/C14H11BrCl2O2/c1-8(18)9-5-6-12(10(15)7-9)19-13-4-2-3-11(16)14(13)17/h2-8,18H,1H3/t8-/m1/s1. The maximum absolute atomic E-state index is 9.51. The molecule has 0 fully saturated rings. The van der Waals surface area contributed by atoms with Gasteiger partial charge in [-0.1, -0.05) is 35.3 Å². The average Bonchev–Trinajstić information content (AvgIpc) is 2.37. The zero-order valence-corrected chi connectivity index (χ0v) is 13.1. The third kappa shape index (κ3) is 3.42. The maximum Gasteiger partial charge on any atom is 0.147 e. The number of rotatable bonds is 3. The summed E-state index contributed by atoms with van der Waals surface area (Å²) in [4.78, 5) is 0. The number of benzene rings is 2. The summed E-state index contributed by atoms with van der Waals surface area (Å²) in [5, 5.41) is 10.3. The molecule has 5 heteroatoms. The van der Waals surface area contributed by atoms with Crippen molar-refractivity contribution in [1.29, 1.82) is 0 Å². The third-order valence-electron chi connectivity index (χ3n) is 2.57. The van der Waals surface area contributed by atoms with Gasteiger partial charge in [0.25, 0.3) is 0 Å². The molecule has 2 aromatic rings. The molecule has 0 aliphatic carbocycles. The van der Waals surface area contributed by atoms with Gasteiger partial charge in [-0.2, -0.15) is 0 Å². The lowest BCUT2D eigenvalue weighted by Crippen LogP contribution is -1.92. The zero-order chi connectivity index (χ0) is 14.0. The van der Waals surface area contributed by atoms with Gasteiger partial charge in [0.05, 0.1) is 15.6 Å². The smallest absolute Gasteiger partial charge is 0.147 e. The molecule has 1 N–H and O–H groups in total. The van der Waals surface area contributed by atoms with Crippen molar-refractivity contribution in [2.24, 2.45) is 0 Å². The Bertz CT molecular complexity index is 600. The molecule has 19 heavy (non-hydrogen) atoms. The van der Waals surface area contributed by atoms with Crippen LogP contribution in [0.15, 0.2) is 40.9 Å². The van der Waals surface area contributed by atoms with Gasteiger partial charge >= 0.3 is 0 Å². The zero-order valence-electron chi connectivity index (χ0n) is 10.0. The van der Waals surface area contributed by atoms with E-state index in [1.54, 1.807) is 43.3 Å². The third-order valence-corrected chi connectivity index (χ3v) is 4.00. The summed E-state index contributed by atoms with van der Waals surface area (Å²) in [6.45, 7) is 1.70. The Morgan fingerprint density at radius 2 is 1.89 bits per heavy atom. The van der Waals surface area contributed by atoms with E-state index in [0.29, 0.717) is 21.5 Å². The van der Waals surface area contributed by atoms with Gasteiger partial charge < -0.3 is 9.84 Å². The number of ether oxygens (including phenoxy) is 1. The molecule has 0 unspecified atom stereocenters. The molecule has 1 atom stereocenters. The van der Waals surface area contributed by atoms with Crippen molar-refractivity contribution in [3.8, 4) is 11.5 Å². The van der Waals surface area contributed by atoms with Gasteiger partial charge in [0.2, 0.25) is 0 Å². The van der Waals surface area contributed by atoms with E-state index >= 15 is 0 Å². The maximum atomic E-state index is 9.51. The average molecular weight is 362 g/mol. The molecule has 2 aromatic carbocycles. The van der Waals surface area contributed by atoms with Crippen LogP contribution >= 0.6 is 39.1 Å². The molecular weight excluding hydrogens is 351 g/mol. The van der Waals surface area contributed by atoms with Gasteiger partial charge in [-0.3, -0.25) is 0 Å². The molecule has 0 aliphatic rings. The minimum Gasteiger partial charge on any atom is -0.455 e. The van der Waals surface area contributed by atoms with E-state index in [2.05, 4.69) is 15.9 Å². The Morgan fingerprint density at radius 1 is 1.16 bits per heavy atom. The van der Waals surface area contributed by atoms with Crippen LogP contribution in [-0.4, -0.2) is 5.11 Å². The summed E-state index contributed by atoms with van der Waals surface area (Å²) in [5.41, 5.74) is 0.802. The lowest BCUT2D eigenvalue weighted by Gasteiger charge is -2.12. The van der Waals surface area contributed by atoms with E-state index in [1.165, 1.54) is 0 Å². The highest BCUT2D eigenvalue weighted by Crippen LogP contribution is 2.37. The summed E-state index contributed by atoms with van der Waals surface area (Å²) in [6.07, 6.45) is -0.528. The Morgan fingerprint density at radius 3 is 2.53 bits per heavy atom. The number of hydrogen-bond acceptors (Lipinski definition) is 2. The molecule has 0 radical (unpaired) electrons. The fraction of sp³-hybridized carbons (Fsp3) is 0.143. The Balaban J connectivity index is 2.31. The molecule has 0 amide bonds. The van der Waals surface area contributed by atoms with Crippen LogP contribution in [0.5, 0.6) is 11.5 Å². The van der Waals surface area contributed by atoms with Gasteiger partial charge in [0.15, 0.2) is 0 Å². The first-order valence-electron chi connectivity index (χ1n) is 5.58. The van der Waals surface area contributed by atoms with Crippen molar-refractivity contribution in [3.63, 3.8) is 0 Å². The van der Waals surface area contributed by atoms with Crippen LogP contribution in [0.2, 0.25) is 10.0 Å².